The van der Waals surface area contributed by atoms with Crippen molar-refractivity contribution in [2.24, 2.45) is 0 Å². The minimum atomic E-state index is -0.530. The number of carbonyl (C=O) groups is 1. The Kier molecular flexibility index (Phi) is 4.99. The molecule has 134 valence electrons. The zero-order valence-electron chi connectivity index (χ0n) is 13.7. The van der Waals surface area contributed by atoms with Crippen molar-refractivity contribution in [2.45, 2.75) is 0 Å². The fourth-order valence-electron chi connectivity index (χ4n) is 2.31. The Labute approximate surface area is 152 Å². The normalized spacial score (nSPS) is 10.5. The quantitative estimate of drug-likeness (QED) is 0.735. The van der Waals surface area contributed by atoms with Gasteiger partial charge in [-0.25, -0.2) is 4.39 Å². The summed E-state index contributed by atoms with van der Waals surface area (Å²) in [6, 6.07) is 6.70. The fraction of sp³-hybridized carbons (Fsp3) is 0.125. The number of amides is 1. The summed E-state index contributed by atoms with van der Waals surface area (Å²) in [6.07, 6.45) is 1.26. The summed E-state index contributed by atoms with van der Waals surface area (Å²) in [4.78, 5) is 12.7. The molecule has 26 heavy (non-hydrogen) atoms. The lowest BCUT2D eigenvalue weighted by atomic mass is 10.1. The summed E-state index contributed by atoms with van der Waals surface area (Å²) in [7, 11) is 2.92. The predicted molar refractivity (Wildman–Crippen MR) is 91.6 cm³/mol. The number of hydrogen-bond donors (Lipinski definition) is 1. The number of halogens is 2. The maximum Gasteiger partial charge on any atom is 0.257 e. The largest absolute Gasteiger partial charge is 0.495 e. The minimum absolute atomic E-state index is 0.160. The summed E-state index contributed by atoms with van der Waals surface area (Å²) >= 11 is 6.11. The highest BCUT2D eigenvalue weighted by Crippen LogP contribution is 2.36. The van der Waals surface area contributed by atoms with Crippen LogP contribution in [0.2, 0.25) is 5.02 Å². The third kappa shape index (κ3) is 3.42. The van der Waals surface area contributed by atoms with Crippen molar-refractivity contribution in [3.05, 3.63) is 53.1 Å². The number of anilines is 1. The van der Waals surface area contributed by atoms with Crippen molar-refractivity contribution in [1.29, 1.82) is 0 Å². The summed E-state index contributed by atoms with van der Waals surface area (Å²) < 4.78 is 25.2. The predicted octanol–water partition coefficient (Wildman–Crippen LogP) is 2.72. The van der Waals surface area contributed by atoms with E-state index in [0.29, 0.717) is 22.2 Å². The molecule has 0 spiro atoms. The molecule has 1 N–H and O–H groups in total. The maximum atomic E-state index is 13.6. The third-order valence-corrected chi connectivity index (χ3v) is 3.82. The molecule has 0 aliphatic rings. The number of rotatable bonds is 5. The zero-order chi connectivity index (χ0) is 18.7. The van der Waals surface area contributed by atoms with Gasteiger partial charge in [-0.2, -0.15) is 4.68 Å². The van der Waals surface area contributed by atoms with E-state index < -0.39 is 11.7 Å². The van der Waals surface area contributed by atoms with E-state index >= 15 is 0 Å². The first-order valence-electron chi connectivity index (χ1n) is 7.29. The first-order valence-corrected chi connectivity index (χ1v) is 7.67. The van der Waals surface area contributed by atoms with Crippen LogP contribution in [0.5, 0.6) is 11.5 Å². The molecule has 1 aromatic heterocycles. The van der Waals surface area contributed by atoms with Crippen LogP contribution in [0, 0.1) is 5.82 Å². The molecule has 1 heterocycles. The number of methoxy groups -OCH3 is 2. The van der Waals surface area contributed by atoms with Gasteiger partial charge in [-0.15, -0.1) is 5.10 Å². The van der Waals surface area contributed by atoms with E-state index in [1.165, 1.54) is 43.4 Å². The number of aromatic nitrogens is 4. The number of hydrogen-bond acceptors (Lipinski definition) is 6. The standard InChI is InChI=1S/C16H13ClFN5O3/c1-25-14-7-15(26-2)12(6-11(14)17)20-16(24)10-4-3-9(18)5-13(10)23-8-19-21-22-23/h3-8H,1-2H3,(H,20,24). The number of ether oxygens (including phenoxy) is 2. The molecule has 0 fully saturated rings. The second-order valence-corrected chi connectivity index (χ2v) is 5.46. The van der Waals surface area contributed by atoms with Gasteiger partial charge in [-0.3, -0.25) is 4.79 Å². The van der Waals surface area contributed by atoms with Crippen LogP contribution in [0.1, 0.15) is 10.4 Å². The van der Waals surface area contributed by atoms with Gasteiger partial charge in [0.1, 0.15) is 23.6 Å². The smallest absolute Gasteiger partial charge is 0.257 e. The van der Waals surface area contributed by atoms with Crippen molar-refractivity contribution in [3.63, 3.8) is 0 Å². The molecule has 0 bridgehead atoms. The van der Waals surface area contributed by atoms with Crippen LogP contribution in [-0.2, 0) is 0 Å². The topological polar surface area (TPSA) is 91.2 Å². The molecule has 0 saturated carbocycles. The lowest BCUT2D eigenvalue weighted by Gasteiger charge is -2.14. The SMILES string of the molecule is COc1cc(OC)c(NC(=O)c2ccc(F)cc2-n2cnnn2)cc1Cl. The molecule has 0 unspecified atom stereocenters. The van der Waals surface area contributed by atoms with Crippen molar-refractivity contribution < 1.29 is 18.7 Å². The van der Waals surface area contributed by atoms with Gasteiger partial charge in [-0.1, -0.05) is 11.6 Å². The van der Waals surface area contributed by atoms with Gasteiger partial charge in [0.05, 0.1) is 36.2 Å². The van der Waals surface area contributed by atoms with Crippen molar-refractivity contribution >= 4 is 23.2 Å². The first-order chi connectivity index (χ1) is 12.5. The molecule has 3 rings (SSSR count). The van der Waals surface area contributed by atoms with E-state index in [4.69, 9.17) is 21.1 Å². The van der Waals surface area contributed by atoms with Gasteiger partial charge in [0, 0.05) is 12.1 Å². The van der Waals surface area contributed by atoms with Crippen molar-refractivity contribution in [2.75, 3.05) is 19.5 Å². The number of benzene rings is 2. The minimum Gasteiger partial charge on any atom is -0.495 e. The Balaban J connectivity index is 1.98. The molecule has 0 saturated heterocycles. The van der Waals surface area contributed by atoms with Crippen LogP contribution >= 0.6 is 11.6 Å². The van der Waals surface area contributed by atoms with E-state index in [-0.39, 0.29) is 11.3 Å². The molecular formula is C16H13ClFN5O3. The second-order valence-electron chi connectivity index (χ2n) is 5.06. The molecule has 3 aromatic rings. The van der Waals surface area contributed by atoms with Crippen molar-refractivity contribution in [1.82, 2.24) is 20.2 Å². The summed E-state index contributed by atoms with van der Waals surface area (Å²) in [5, 5.41) is 13.7. The summed E-state index contributed by atoms with van der Waals surface area (Å²) in [6.45, 7) is 0. The number of tetrazole rings is 1. The molecule has 0 atom stereocenters. The zero-order valence-corrected chi connectivity index (χ0v) is 14.5. The van der Waals surface area contributed by atoms with Crippen LogP contribution in [0.3, 0.4) is 0 Å². The van der Waals surface area contributed by atoms with Crippen LogP contribution in [0.4, 0.5) is 10.1 Å². The molecular weight excluding hydrogens is 365 g/mol. The van der Waals surface area contributed by atoms with Gasteiger partial charge >= 0.3 is 0 Å². The molecule has 10 heteroatoms. The highest BCUT2D eigenvalue weighted by Gasteiger charge is 2.18. The lowest BCUT2D eigenvalue weighted by molar-refractivity contribution is 0.102. The fourth-order valence-corrected chi connectivity index (χ4v) is 2.55. The van der Waals surface area contributed by atoms with Gasteiger partial charge in [0.2, 0.25) is 0 Å². The third-order valence-electron chi connectivity index (χ3n) is 3.52. The Morgan fingerprint density at radius 1 is 1.19 bits per heavy atom. The summed E-state index contributed by atoms with van der Waals surface area (Å²) in [5.41, 5.74) is 0.675. The molecule has 1 amide bonds. The van der Waals surface area contributed by atoms with Gasteiger partial charge in [-0.05, 0) is 28.6 Å². The highest BCUT2D eigenvalue weighted by molar-refractivity contribution is 6.32. The Morgan fingerprint density at radius 2 is 1.96 bits per heavy atom. The Hall–Kier alpha value is -3.20. The van der Waals surface area contributed by atoms with Crippen LogP contribution in [-0.4, -0.2) is 40.3 Å². The van der Waals surface area contributed by atoms with E-state index in [2.05, 4.69) is 20.8 Å². The van der Waals surface area contributed by atoms with Crippen LogP contribution in [0.25, 0.3) is 5.69 Å². The molecule has 8 nitrogen and oxygen atoms in total. The van der Waals surface area contributed by atoms with Crippen LogP contribution < -0.4 is 14.8 Å². The monoisotopic (exact) mass is 377 g/mol. The molecule has 0 aliphatic carbocycles. The number of nitrogens with zero attached hydrogens (tertiary/aromatic N) is 4. The van der Waals surface area contributed by atoms with E-state index in [9.17, 15) is 9.18 Å². The maximum absolute atomic E-state index is 13.6. The average Bonchev–Trinajstić information content (AvgIpc) is 3.16. The molecule has 0 radical (unpaired) electrons. The van der Waals surface area contributed by atoms with Crippen molar-refractivity contribution in [3.8, 4) is 17.2 Å². The summed E-state index contributed by atoms with van der Waals surface area (Å²) in [5.74, 6) is -0.296. The van der Waals surface area contributed by atoms with Gasteiger partial charge < -0.3 is 14.8 Å². The van der Waals surface area contributed by atoms with Gasteiger partial charge in [0.15, 0.2) is 0 Å². The van der Waals surface area contributed by atoms with E-state index in [1.807, 2.05) is 0 Å². The van der Waals surface area contributed by atoms with Crippen LogP contribution in [0.15, 0.2) is 36.7 Å². The molecule has 0 aliphatic heterocycles. The van der Waals surface area contributed by atoms with E-state index in [1.54, 1.807) is 6.07 Å². The second kappa shape index (κ2) is 7.36. The number of carbonyl (C=O) groups excluding carboxylic acids is 1. The Bertz CT molecular complexity index is 949. The highest BCUT2D eigenvalue weighted by atomic mass is 35.5. The first kappa shape index (κ1) is 17.6. The lowest BCUT2D eigenvalue weighted by Crippen LogP contribution is -2.16. The number of nitrogens with one attached hydrogen (secondary N) is 1. The Morgan fingerprint density at radius 3 is 2.62 bits per heavy atom. The average molecular weight is 378 g/mol. The van der Waals surface area contributed by atoms with Gasteiger partial charge in [0.25, 0.3) is 5.91 Å². The van der Waals surface area contributed by atoms with E-state index in [0.717, 1.165) is 6.07 Å². The molecule has 2 aromatic carbocycles.